The summed E-state index contributed by atoms with van der Waals surface area (Å²) in [5, 5.41) is 10.2. The molecule has 0 radical (unpaired) electrons. The number of anilines is 1. The molecule has 0 fully saturated rings. The number of hydrogen-bond acceptors (Lipinski definition) is 8. The molecule has 0 amide bonds. The zero-order chi connectivity index (χ0) is 26.0. The van der Waals surface area contributed by atoms with Crippen LogP contribution in [0.1, 0.15) is 22.9 Å². The number of carbonyl (C=O) groups is 2. The summed E-state index contributed by atoms with van der Waals surface area (Å²) in [6, 6.07) is 18.1. The van der Waals surface area contributed by atoms with Crippen LogP contribution in [0.5, 0.6) is 0 Å². The van der Waals surface area contributed by atoms with E-state index in [0.29, 0.717) is 17.1 Å². The van der Waals surface area contributed by atoms with Crippen molar-refractivity contribution in [1.82, 2.24) is 9.97 Å². The summed E-state index contributed by atoms with van der Waals surface area (Å²) >= 11 is 0. The van der Waals surface area contributed by atoms with E-state index in [4.69, 9.17) is 15.2 Å². The van der Waals surface area contributed by atoms with Crippen LogP contribution in [-0.2, 0) is 19.1 Å². The number of hydrogen-bond donors (Lipinski definition) is 2. The molecule has 0 saturated carbocycles. The van der Waals surface area contributed by atoms with Gasteiger partial charge in [-0.05, 0) is 31.5 Å². The minimum atomic E-state index is -0.924. The van der Waals surface area contributed by atoms with Crippen LogP contribution < -0.4 is 10.6 Å². The van der Waals surface area contributed by atoms with Gasteiger partial charge in [-0.1, -0.05) is 42.5 Å². The van der Waals surface area contributed by atoms with Crippen LogP contribution in [0.15, 0.2) is 77.3 Å². The molecule has 36 heavy (non-hydrogen) atoms. The number of aromatic nitrogens is 2. The average molecular weight is 484 g/mol. The Bertz CT molecular complexity index is 1430. The Morgan fingerprint density at radius 1 is 1.06 bits per heavy atom. The van der Waals surface area contributed by atoms with Gasteiger partial charge in [0.25, 0.3) is 0 Å². The fourth-order valence-electron chi connectivity index (χ4n) is 4.26. The number of nitrogens with one attached hydrogen (secondary N) is 1. The van der Waals surface area contributed by atoms with E-state index in [0.717, 1.165) is 17.0 Å². The Balaban J connectivity index is 2.01. The molecule has 1 aliphatic rings. The third-order valence-electron chi connectivity index (χ3n) is 6.12. The average Bonchev–Trinajstić information content (AvgIpc) is 3.25. The predicted molar refractivity (Wildman–Crippen MR) is 133 cm³/mol. The summed E-state index contributed by atoms with van der Waals surface area (Å²) in [4.78, 5) is 35.5. The van der Waals surface area contributed by atoms with E-state index < -0.39 is 17.9 Å². The summed E-state index contributed by atoms with van der Waals surface area (Å²) in [5.74, 6) is -1.86. The molecule has 1 aliphatic heterocycles. The highest BCUT2D eigenvalue weighted by Gasteiger charge is 2.43. The summed E-state index contributed by atoms with van der Waals surface area (Å²) in [5.41, 5.74) is 10.0. The third kappa shape index (κ3) is 4.09. The number of methoxy groups -OCH3 is 2. The summed E-state index contributed by atoms with van der Waals surface area (Å²) in [6.07, 6.45) is 0. The molecule has 3 N–H and O–H groups in total. The van der Waals surface area contributed by atoms with Crippen molar-refractivity contribution in [2.75, 3.05) is 19.1 Å². The largest absolute Gasteiger partial charge is 0.466 e. The Morgan fingerprint density at radius 2 is 1.75 bits per heavy atom. The SMILES string of the molecule is COC(=O)C1=C(C(=O)OC)N(c2cccc(-c3nc(C)c(C)[nH]3)c2)C(N)=C(C#N)C1c1ccccc1. The molecule has 1 atom stereocenters. The normalized spacial score (nSPS) is 15.5. The second kappa shape index (κ2) is 9.80. The topological polar surface area (TPSA) is 134 Å². The fraction of sp³-hybridized carbons (Fsp3) is 0.185. The van der Waals surface area contributed by atoms with Crippen molar-refractivity contribution in [2.45, 2.75) is 19.8 Å². The van der Waals surface area contributed by atoms with Gasteiger partial charge in [0.1, 0.15) is 17.3 Å². The van der Waals surface area contributed by atoms with Crippen molar-refractivity contribution >= 4 is 17.6 Å². The molecular weight excluding hydrogens is 458 g/mol. The standard InChI is InChI=1S/C27H25N5O4/c1-15-16(2)31-25(30-15)18-11-8-12-19(13-18)32-23(27(34)36-4)22(26(33)35-3)21(20(14-28)24(32)29)17-9-6-5-7-10-17/h5-13,21H,29H2,1-4H3,(H,30,31). The quantitative estimate of drug-likeness (QED) is 0.526. The highest BCUT2D eigenvalue weighted by Crippen LogP contribution is 2.43. The molecule has 0 bridgehead atoms. The monoisotopic (exact) mass is 483 g/mol. The van der Waals surface area contributed by atoms with Gasteiger partial charge in [-0.15, -0.1) is 0 Å². The number of nitriles is 1. The van der Waals surface area contributed by atoms with Gasteiger partial charge >= 0.3 is 11.9 Å². The molecule has 2 heterocycles. The number of aryl methyl sites for hydroxylation is 2. The summed E-state index contributed by atoms with van der Waals surface area (Å²) in [6.45, 7) is 3.82. The lowest BCUT2D eigenvalue weighted by molar-refractivity contribution is -0.139. The fourth-order valence-corrected chi connectivity index (χ4v) is 4.26. The lowest BCUT2D eigenvalue weighted by atomic mass is 9.81. The lowest BCUT2D eigenvalue weighted by Gasteiger charge is -2.36. The van der Waals surface area contributed by atoms with Gasteiger partial charge in [0.15, 0.2) is 0 Å². The minimum absolute atomic E-state index is 0.00311. The molecule has 4 rings (SSSR count). The molecule has 9 nitrogen and oxygen atoms in total. The first-order valence-corrected chi connectivity index (χ1v) is 11.1. The zero-order valence-corrected chi connectivity index (χ0v) is 20.3. The number of aromatic amines is 1. The minimum Gasteiger partial charge on any atom is -0.466 e. The summed E-state index contributed by atoms with van der Waals surface area (Å²) < 4.78 is 10.1. The number of imidazole rings is 1. The molecule has 0 aliphatic carbocycles. The Hall–Kier alpha value is -4.84. The van der Waals surface area contributed by atoms with Crippen molar-refractivity contribution in [3.05, 3.63) is 94.2 Å². The van der Waals surface area contributed by atoms with Crippen molar-refractivity contribution in [1.29, 1.82) is 5.26 Å². The zero-order valence-electron chi connectivity index (χ0n) is 20.3. The lowest BCUT2D eigenvalue weighted by Crippen LogP contribution is -2.40. The molecule has 2 aromatic carbocycles. The van der Waals surface area contributed by atoms with Crippen LogP contribution in [0.25, 0.3) is 11.4 Å². The highest BCUT2D eigenvalue weighted by atomic mass is 16.5. The molecular formula is C27H25N5O4. The molecule has 1 unspecified atom stereocenters. The molecule has 1 aromatic heterocycles. The molecule has 3 aromatic rings. The number of nitrogens with zero attached hydrogens (tertiary/aromatic N) is 3. The van der Waals surface area contributed by atoms with Crippen LogP contribution >= 0.6 is 0 Å². The summed E-state index contributed by atoms with van der Waals surface area (Å²) in [7, 11) is 2.43. The van der Waals surface area contributed by atoms with Crippen LogP contribution in [0.2, 0.25) is 0 Å². The van der Waals surface area contributed by atoms with Crippen LogP contribution in [0, 0.1) is 25.2 Å². The van der Waals surface area contributed by atoms with Gasteiger partial charge in [-0.2, -0.15) is 5.26 Å². The molecule has 182 valence electrons. The van der Waals surface area contributed by atoms with E-state index >= 15 is 0 Å². The van der Waals surface area contributed by atoms with E-state index in [1.54, 1.807) is 42.5 Å². The number of nitrogens with two attached hydrogens (primary N) is 1. The first-order valence-electron chi connectivity index (χ1n) is 11.1. The van der Waals surface area contributed by atoms with E-state index in [2.05, 4.69) is 16.0 Å². The van der Waals surface area contributed by atoms with Gasteiger partial charge in [-0.3, -0.25) is 4.90 Å². The van der Waals surface area contributed by atoms with E-state index in [1.807, 2.05) is 26.0 Å². The van der Waals surface area contributed by atoms with Crippen molar-refractivity contribution in [3.63, 3.8) is 0 Å². The second-order valence-electron chi connectivity index (χ2n) is 8.18. The molecule has 0 saturated heterocycles. The van der Waals surface area contributed by atoms with Gasteiger partial charge < -0.3 is 20.2 Å². The number of rotatable bonds is 5. The Kier molecular flexibility index (Phi) is 6.61. The smallest absolute Gasteiger partial charge is 0.355 e. The van der Waals surface area contributed by atoms with Gasteiger partial charge in [0, 0.05) is 16.9 Å². The van der Waals surface area contributed by atoms with Gasteiger partial charge in [-0.25, -0.2) is 14.6 Å². The maximum atomic E-state index is 13.2. The number of H-pyrrole nitrogens is 1. The van der Waals surface area contributed by atoms with Crippen LogP contribution in [0.3, 0.4) is 0 Å². The Labute approximate surface area is 208 Å². The first kappa shape index (κ1) is 24.3. The number of carbonyl (C=O) groups excluding carboxylic acids is 2. The Morgan fingerprint density at radius 3 is 2.33 bits per heavy atom. The second-order valence-corrected chi connectivity index (χ2v) is 8.18. The number of ether oxygens (including phenoxy) is 2. The number of allylic oxidation sites excluding steroid dienone is 1. The van der Waals surface area contributed by atoms with Crippen molar-refractivity contribution < 1.29 is 19.1 Å². The molecule has 0 spiro atoms. The van der Waals surface area contributed by atoms with Gasteiger partial charge in [0.2, 0.25) is 0 Å². The van der Waals surface area contributed by atoms with Crippen LogP contribution in [-0.4, -0.2) is 36.1 Å². The van der Waals surface area contributed by atoms with E-state index in [-0.39, 0.29) is 22.7 Å². The first-order chi connectivity index (χ1) is 17.3. The number of benzene rings is 2. The predicted octanol–water partition coefficient (Wildman–Crippen LogP) is 3.59. The van der Waals surface area contributed by atoms with Gasteiger partial charge in [0.05, 0.1) is 43.0 Å². The van der Waals surface area contributed by atoms with E-state index in [1.165, 1.54) is 19.1 Å². The maximum absolute atomic E-state index is 13.2. The van der Waals surface area contributed by atoms with Crippen molar-refractivity contribution in [2.24, 2.45) is 5.73 Å². The van der Waals surface area contributed by atoms with Crippen LogP contribution in [0.4, 0.5) is 5.69 Å². The highest BCUT2D eigenvalue weighted by molar-refractivity contribution is 6.06. The third-order valence-corrected chi connectivity index (χ3v) is 6.12. The number of esters is 2. The maximum Gasteiger partial charge on any atom is 0.355 e. The van der Waals surface area contributed by atoms with Crippen molar-refractivity contribution in [3.8, 4) is 17.5 Å². The molecule has 9 heteroatoms. The van der Waals surface area contributed by atoms with E-state index in [9.17, 15) is 14.9 Å².